The Kier molecular flexibility index (Phi) is 6.08. The first kappa shape index (κ1) is 18.9. The molecule has 138 valence electrons. The van der Waals surface area contributed by atoms with Gasteiger partial charge in [-0.05, 0) is 43.3 Å². The Hall–Kier alpha value is -2.86. The van der Waals surface area contributed by atoms with E-state index >= 15 is 0 Å². The lowest BCUT2D eigenvalue weighted by atomic mass is 10.1. The standard InChI is InChI=1S/C21H19BrN2O3/c1-14-2-4-16(5-3-14)21(26)24-13-20(25)23-12-18-10-11-19(27-18)15-6-8-17(22)9-7-15/h2-11H,12-13H2,1H3,(H,23,25)(H,24,26). The van der Waals surface area contributed by atoms with Crippen LogP contribution in [-0.4, -0.2) is 18.4 Å². The lowest BCUT2D eigenvalue weighted by Crippen LogP contribution is -2.36. The largest absolute Gasteiger partial charge is 0.459 e. The van der Waals surface area contributed by atoms with Crippen molar-refractivity contribution in [1.29, 1.82) is 0 Å². The van der Waals surface area contributed by atoms with Gasteiger partial charge in [-0.15, -0.1) is 0 Å². The highest BCUT2D eigenvalue weighted by Gasteiger charge is 2.09. The van der Waals surface area contributed by atoms with Gasteiger partial charge in [0.2, 0.25) is 5.91 Å². The van der Waals surface area contributed by atoms with Gasteiger partial charge < -0.3 is 15.1 Å². The lowest BCUT2D eigenvalue weighted by Gasteiger charge is -2.06. The van der Waals surface area contributed by atoms with Gasteiger partial charge in [0.25, 0.3) is 5.91 Å². The summed E-state index contributed by atoms with van der Waals surface area (Å²) in [6, 6.07) is 18.6. The molecule has 0 unspecified atom stereocenters. The van der Waals surface area contributed by atoms with E-state index in [1.165, 1.54) is 0 Å². The number of carbonyl (C=O) groups is 2. The highest BCUT2D eigenvalue weighted by Crippen LogP contribution is 2.23. The molecule has 0 fully saturated rings. The van der Waals surface area contributed by atoms with Crippen LogP contribution in [0.15, 0.2) is 69.6 Å². The minimum atomic E-state index is -0.281. The summed E-state index contributed by atoms with van der Waals surface area (Å²) >= 11 is 3.40. The molecule has 0 saturated heterocycles. The van der Waals surface area contributed by atoms with Gasteiger partial charge in [-0.3, -0.25) is 9.59 Å². The summed E-state index contributed by atoms with van der Waals surface area (Å²) in [5.74, 6) is 0.822. The molecule has 2 N–H and O–H groups in total. The molecule has 0 aliphatic heterocycles. The highest BCUT2D eigenvalue weighted by atomic mass is 79.9. The molecule has 0 aliphatic rings. The third-order valence-corrected chi connectivity index (χ3v) is 4.50. The average molecular weight is 427 g/mol. The van der Waals surface area contributed by atoms with Gasteiger partial charge in [0.1, 0.15) is 11.5 Å². The molecule has 0 bridgehead atoms. The van der Waals surface area contributed by atoms with Crippen LogP contribution in [0.2, 0.25) is 0 Å². The second-order valence-electron chi connectivity index (χ2n) is 6.10. The molecule has 2 amide bonds. The molecule has 3 rings (SSSR count). The van der Waals surface area contributed by atoms with Gasteiger partial charge in [-0.1, -0.05) is 45.8 Å². The highest BCUT2D eigenvalue weighted by molar-refractivity contribution is 9.10. The van der Waals surface area contributed by atoms with Crippen LogP contribution >= 0.6 is 15.9 Å². The van der Waals surface area contributed by atoms with Crippen molar-refractivity contribution in [2.75, 3.05) is 6.54 Å². The first-order valence-electron chi connectivity index (χ1n) is 8.47. The zero-order chi connectivity index (χ0) is 19.2. The molecular weight excluding hydrogens is 408 g/mol. The Morgan fingerprint density at radius 1 is 0.926 bits per heavy atom. The number of hydrogen-bond donors (Lipinski definition) is 2. The third kappa shape index (κ3) is 5.31. The van der Waals surface area contributed by atoms with Crippen molar-refractivity contribution in [2.45, 2.75) is 13.5 Å². The molecule has 0 atom stereocenters. The summed E-state index contributed by atoms with van der Waals surface area (Å²) in [5, 5.41) is 5.34. The molecule has 0 spiro atoms. The second kappa shape index (κ2) is 8.68. The third-order valence-electron chi connectivity index (χ3n) is 3.97. The number of benzene rings is 2. The molecule has 1 aromatic heterocycles. The zero-order valence-electron chi connectivity index (χ0n) is 14.8. The topological polar surface area (TPSA) is 71.3 Å². The maximum Gasteiger partial charge on any atom is 0.251 e. The van der Waals surface area contributed by atoms with Crippen molar-refractivity contribution >= 4 is 27.7 Å². The van der Waals surface area contributed by atoms with E-state index in [1.54, 1.807) is 12.1 Å². The van der Waals surface area contributed by atoms with Crippen molar-refractivity contribution in [3.63, 3.8) is 0 Å². The van der Waals surface area contributed by atoms with Crippen molar-refractivity contribution in [3.05, 3.63) is 82.0 Å². The molecule has 0 radical (unpaired) electrons. The molecule has 3 aromatic rings. The van der Waals surface area contributed by atoms with Crippen LogP contribution in [0.25, 0.3) is 11.3 Å². The molecule has 5 nitrogen and oxygen atoms in total. The normalized spacial score (nSPS) is 10.4. The van der Waals surface area contributed by atoms with Crippen molar-refractivity contribution in [2.24, 2.45) is 0 Å². The molecule has 0 saturated carbocycles. The van der Waals surface area contributed by atoms with E-state index in [0.717, 1.165) is 21.4 Å². The number of nitrogens with one attached hydrogen (secondary N) is 2. The van der Waals surface area contributed by atoms with E-state index in [1.807, 2.05) is 55.5 Å². The van der Waals surface area contributed by atoms with Gasteiger partial charge in [0.05, 0.1) is 13.1 Å². The summed E-state index contributed by atoms with van der Waals surface area (Å²) in [6.07, 6.45) is 0. The van der Waals surface area contributed by atoms with E-state index in [4.69, 9.17) is 4.42 Å². The van der Waals surface area contributed by atoms with Crippen LogP contribution in [-0.2, 0) is 11.3 Å². The van der Waals surface area contributed by atoms with Crippen molar-refractivity contribution in [1.82, 2.24) is 10.6 Å². The van der Waals surface area contributed by atoms with E-state index in [9.17, 15) is 9.59 Å². The van der Waals surface area contributed by atoms with Gasteiger partial charge in [-0.2, -0.15) is 0 Å². The number of amides is 2. The maximum absolute atomic E-state index is 12.0. The summed E-state index contributed by atoms with van der Waals surface area (Å²) in [6.45, 7) is 2.12. The monoisotopic (exact) mass is 426 g/mol. The predicted molar refractivity (Wildman–Crippen MR) is 107 cm³/mol. The Labute approximate surface area is 165 Å². The van der Waals surface area contributed by atoms with E-state index in [2.05, 4.69) is 26.6 Å². The van der Waals surface area contributed by atoms with Gasteiger partial charge in [-0.25, -0.2) is 0 Å². The SMILES string of the molecule is Cc1ccc(C(=O)NCC(=O)NCc2ccc(-c3ccc(Br)cc3)o2)cc1. The van der Waals surface area contributed by atoms with Crippen molar-refractivity contribution in [3.8, 4) is 11.3 Å². The minimum Gasteiger partial charge on any atom is -0.459 e. The average Bonchev–Trinajstić information content (AvgIpc) is 3.14. The number of hydrogen-bond acceptors (Lipinski definition) is 3. The van der Waals surface area contributed by atoms with Crippen LogP contribution in [0.1, 0.15) is 21.7 Å². The minimum absolute atomic E-state index is 0.0903. The molecule has 6 heteroatoms. The van der Waals surface area contributed by atoms with Crippen LogP contribution in [0.3, 0.4) is 0 Å². The Bertz CT molecular complexity index is 931. The van der Waals surface area contributed by atoms with Crippen LogP contribution < -0.4 is 10.6 Å². The summed E-state index contributed by atoms with van der Waals surface area (Å²) in [4.78, 5) is 24.0. The van der Waals surface area contributed by atoms with Gasteiger partial charge >= 0.3 is 0 Å². The number of rotatable bonds is 6. The van der Waals surface area contributed by atoms with Gasteiger partial charge in [0.15, 0.2) is 0 Å². The lowest BCUT2D eigenvalue weighted by molar-refractivity contribution is -0.120. The Balaban J connectivity index is 1.47. The second-order valence-corrected chi connectivity index (χ2v) is 7.01. The summed E-state index contributed by atoms with van der Waals surface area (Å²) in [5.41, 5.74) is 2.56. The van der Waals surface area contributed by atoms with Crippen molar-refractivity contribution < 1.29 is 14.0 Å². The van der Waals surface area contributed by atoms with Crippen LogP contribution in [0, 0.1) is 6.92 Å². The van der Waals surface area contributed by atoms with E-state index in [-0.39, 0.29) is 24.9 Å². The smallest absolute Gasteiger partial charge is 0.251 e. The molecule has 1 heterocycles. The number of furan rings is 1. The molecular formula is C21H19BrN2O3. The molecule has 2 aromatic carbocycles. The number of halogens is 1. The number of aryl methyl sites for hydroxylation is 1. The van der Waals surface area contributed by atoms with Crippen LogP contribution in [0.5, 0.6) is 0 Å². The quantitative estimate of drug-likeness (QED) is 0.623. The van der Waals surface area contributed by atoms with Gasteiger partial charge in [0, 0.05) is 15.6 Å². The number of carbonyl (C=O) groups excluding carboxylic acids is 2. The summed E-state index contributed by atoms with van der Waals surface area (Å²) < 4.78 is 6.75. The molecule has 0 aliphatic carbocycles. The molecule has 27 heavy (non-hydrogen) atoms. The Morgan fingerprint density at radius 3 is 2.33 bits per heavy atom. The van der Waals surface area contributed by atoms with E-state index < -0.39 is 0 Å². The Morgan fingerprint density at radius 2 is 1.63 bits per heavy atom. The summed E-state index contributed by atoms with van der Waals surface area (Å²) in [7, 11) is 0. The zero-order valence-corrected chi connectivity index (χ0v) is 16.4. The van der Waals surface area contributed by atoms with E-state index in [0.29, 0.717) is 11.3 Å². The van der Waals surface area contributed by atoms with Crippen LogP contribution in [0.4, 0.5) is 0 Å². The first-order chi connectivity index (χ1) is 13.0. The predicted octanol–water partition coefficient (Wildman–Crippen LogP) is 4.06. The fraction of sp³-hybridized carbons (Fsp3) is 0.143. The fourth-order valence-electron chi connectivity index (χ4n) is 2.46. The first-order valence-corrected chi connectivity index (χ1v) is 9.27. The fourth-order valence-corrected chi connectivity index (χ4v) is 2.72. The maximum atomic E-state index is 12.0.